The van der Waals surface area contributed by atoms with E-state index in [4.69, 9.17) is 4.98 Å². The summed E-state index contributed by atoms with van der Waals surface area (Å²) in [4.78, 5) is 19.5. The van der Waals surface area contributed by atoms with Gasteiger partial charge in [0, 0.05) is 61.9 Å². The maximum atomic E-state index is 12.1. The second-order valence-electron chi connectivity index (χ2n) is 7.58. The largest absolute Gasteiger partial charge is 0.372 e. The highest BCUT2D eigenvalue weighted by atomic mass is 32.2. The topological polar surface area (TPSA) is 43.1 Å². The molecule has 1 aromatic carbocycles. The van der Waals surface area contributed by atoms with Crippen LogP contribution in [-0.2, 0) is 25.9 Å². The number of fused-ring (bicyclic) bond motifs is 3. The van der Waals surface area contributed by atoms with Crippen molar-refractivity contribution in [1.29, 1.82) is 0 Å². The Balaban J connectivity index is 1.74. The zero-order chi connectivity index (χ0) is 19.7. The highest BCUT2D eigenvalue weighted by Crippen LogP contribution is 2.35. The molecular weight excluding hydrogens is 368 g/mol. The van der Waals surface area contributed by atoms with Gasteiger partial charge < -0.3 is 14.0 Å². The van der Waals surface area contributed by atoms with Crippen LogP contribution in [0.15, 0.2) is 41.3 Å². The predicted octanol–water partition coefficient (Wildman–Crippen LogP) is 3.57. The standard InChI is InChI=1S/C22H28N4OS/c1-16-7-8-17-18(24(16)2)9-10-19-22(17)23-20(26(19)14-15-28-3)11-13-25-12-5-4-6-21(25)27/h4-6,9-10,12,16H,7-8,11,13-15H2,1-3H3. The highest BCUT2D eigenvalue weighted by Gasteiger charge is 2.24. The van der Waals surface area contributed by atoms with Crippen molar-refractivity contribution < 1.29 is 0 Å². The normalized spacial score (nSPS) is 16.5. The van der Waals surface area contributed by atoms with Gasteiger partial charge in [-0.1, -0.05) is 6.07 Å². The first-order valence-corrected chi connectivity index (χ1v) is 11.4. The number of benzene rings is 1. The molecule has 0 spiro atoms. The number of imidazole rings is 1. The molecule has 3 aromatic rings. The average Bonchev–Trinajstić information content (AvgIpc) is 3.06. The first-order valence-electron chi connectivity index (χ1n) is 9.98. The van der Waals surface area contributed by atoms with Crippen molar-refractivity contribution in [3.05, 3.63) is 58.3 Å². The molecule has 0 saturated carbocycles. The fourth-order valence-electron chi connectivity index (χ4n) is 4.13. The van der Waals surface area contributed by atoms with Crippen molar-refractivity contribution in [2.45, 2.75) is 45.3 Å². The summed E-state index contributed by atoms with van der Waals surface area (Å²) in [6.45, 7) is 3.89. The van der Waals surface area contributed by atoms with Crippen LogP contribution in [0.2, 0.25) is 0 Å². The number of hydrogen-bond donors (Lipinski definition) is 0. The van der Waals surface area contributed by atoms with Gasteiger partial charge in [0.2, 0.25) is 0 Å². The molecule has 0 amide bonds. The number of nitrogens with zero attached hydrogens (tertiary/aromatic N) is 4. The lowest BCUT2D eigenvalue weighted by atomic mass is 9.96. The Hall–Kier alpha value is -2.21. The first kappa shape index (κ1) is 19.1. The summed E-state index contributed by atoms with van der Waals surface area (Å²) in [5, 5.41) is 0. The summed E-state index contributed by atoms with van der Waals surface area (Å²) in [6.07, 6.45) is 6.99. The van der Waals surface area contributed by atoms with E-state index in [1.165, 1.54) is 16.8 Å². The van der Waals surface area contributed by atoms with Crippen LogP contribution in [0.1, 0.15) is 24.7 Å². The van der Waals surface area contributed by atoms with Crippen LogP contribution in [0.3, 0.4) is 0 Å². The zero-order valence-corrected chi connectivity index (χ0v) is 17.7. The predicted molar refractivity (Wildman–Crippen MR) is 119 cm³/mol. The van der Waals surface area contributed by atoms with Gasteiger partial charge in [0.25, 0.3) is 5.56 Å². The molecule has 1 unspecified atom stereocenters. The van der Waals surface area contributed by atoms with E-state index >= 15 is 0 Å². The molecule has 5 nitrogen and oxygen atoms in total. The first-order chi connectivity index (χ1) is 13.6. The second-order valence-corrected chi connectivity index (χ2v) is 8.57. The summed E-state index contributed by atoms with van der Waals surface area (Å²) < 4.78 is 4.13. The van der Waals surface area contributed by atoms with Crippen LogP contribution >= 0.6 is 11.8 Å². The summed E-state index contributed by atoms with van der Waals surface area (Å²) in [6, 6.07) is 10.4. The Labute approximate surface area is 170 Å². The molecule has 1 aliphatic heterocycles. The average molecular weight is 397 g/mol. The van der Waals surface area contributed by atoms with Gasteiger partial charge in [0.05, 0.1) is 11.0 Å². The number of anilines is 1. The Bertz CT molecular complexity index is 1040. The molecule has 1 aliphatic rings. The lowest BCUT2D eigenvalue weighted by Gasteiger charge is -2.33. The molecule has 3 heterocycles. The SMILES string of the molecule is CSCCn1c(CCn2ccccc2=O)nc2c3c(ccc21)N(C)C(C)CC3. The summed E-state index contributed by atoms with van der Waals surface area (Å²) in [7, 11) is 2.18. The number of hydrogen-bond acceptors (Lipinski definition) is 4. The third-order valence-corrected chi connectivity index (χ3v) is 6.52. The van der Waals surface area contributed by atoms with Gasteiger partial charge in [-0.2, -0.15) is 11.8 Å². The van der Waals surface area contributed by atoms with Crippen LogP contribution in [-0.4, -0.2) is 39.2 Å². The maximum Gasteiger partial charge on any atom is 0.250 e. The fraction of sp³-hybridized carbons (Fsp3) is 0.455. The summed E-state index contributed by atoms with van der Waals surface area (Å²) in [5.74, 6) is 2.13. The van der Waals surface area contributed by atoms with Crippen LogP contribution in [0.25, 0.3) is 11.0 Å². The molecule has 4 rings (SSSR count). The lowest BCUT2D eigenvalue weighted by Crippen LogP contribution is -2.33. The minimum atomic E-state index is 0.0438. The maximum absolute atomic E-state index is 12.1. The van der Waals surface area contributed by atoms with E-state index in [0.29, 0.717) is 12.6 Å². The molecule has 148 valence electrons. The van der Waals surface area contributed by atoms with E-state index in [-0.39, 0.29) is 5.56 Å². The van der Waals surface area contributed by atoms with E-state index in [2.05, 4.69) is 41.8 Å². The van der Waals surface area contributed by atoms with Crippen LogP contribution in [0.4, 0.5) is 5.69 Å². The monoisotopic (exact) mass is 396 g/mol. The third-order valence-electron chi connectivity index (χ3n) is 5.93. The van der Waals surface area contributed by atoms with Crippen molar-refractivity contribution in [3.8, 4) is 0 Å². The molecular formula is C22H28N4OS. The van der Waals surface area contributed by atoms with E-state index in [9.17, 15) is 4.79 Å². The Morgan fingerprint density at radius 3 is 2.86 bits per heavy atom. The quantitative estimate of drug-likeness (QED) is 0.639. The van der Waals surface area contributed by atoms with Gasteiger partial charge in [-0.3, -0.25) is 4.79 Å². The summed E-state index contributed by atoms with van der Waals surface area (Å²) in [5.41, 5.74) is 5.10. The van der Waals surface area contributed by atoms with Gasteiger partial charge >= 0.3 is 0 Å². The Morgan fingerprint density at radius 1 is 1.21 bits per heavy atom. The number of aromatic nitrogens is 3. The number of rotatable bonds is 6. The van der Waals surface area contributed by atoms with Crippen LogP contribution < -0.4 is 10.5 Å². The molecule has 0 aliphatic carbocycles. The van der Waals surface area contributed by atoms with Gasteiger partial charge in [-0.05, 0) is 44.2 Å². The molecule has 0 radical (unpaired) electrons. The smallest absolute Gasteiger partial charge is 0.250 e. The minimum absolute atomic E-state index is 0.0438. The highest BCUT2D eigenvalue weighted by molar-refractivity contribution is 7.98. The molecule has 0 N–H and O–H groups in total. The van der Waals surface area contributed by atoms with Gasteiger partial charge in [-0.15, -0.1) is 0 Å². The van der Waals surface area contributed by atoms with Crippen molar-refractivity contribution >= 4 is 28.5 Å². The number of aryl methyl sites for hydroxylation is 4. The van der Waals surface area contributed by atoms with Crippen LogP contribution in [0.5, 0.6) is 0 Å². The van der Waals surface area contributed by atoms with Crippen molar-refractivity contribution in [3.63, 3.8) is 0 Å². The van der Waals surface area contributed by atoms with Crippen molar-refractivity contribution in [2.75, 3.05) is 24.0 Å². The molecule has 0 bridgehead atoms. The molecule has 0 saturated heterocycles. The minimum Gasteiger partial charge on any atom is -0.372 e. The molecule has 28 heavy (non-hydrogen) atoms. The van der Waals surface area contributed by atoms with E-state index < -0.39 is 0 Å². The third kappa shape index (κ3) is 3.46. The molecule has 2 aromatic heterocycles. The van der Waals surface area contributed by atoms with E-state index in [1.807, 2.05) is 24.0 Å². The zero-order valence-electron chi connectivity index (χ0n) is 16.9. The number of pyridine rings is 1. The fourth-order valence-corrected chi connectivity index (χ4v) is 4.50. The van der Waals surface area contributed by atoms with Gasteiger partial charge in [0.1, 0.15) is 5.82 Å². The van der Waals surface area contributed by atoms with Crippen LogP contribution in [0, 0.1) is 0 Å². The van der Waals surface area contributed by atoms with Crippen molar-refractivity contribution in [1.82, 2.24) is 14.1 Å². The van der Waals surface area contributed by atoms with E-state index in [1.54, 1.807) is 16.7 Å². The second kappa shape index (κ2) is 8.03. The lowest BCUT2D eigenvalue weighted by molar-refractivity contribution is 0.600. The van der Waals surface area contributed by atoms with Gasteiger partial charge in [-0.25, -0.2) is 4.98 Å². The summed E-state index contributed by atoms with van der Waals surface area (Å²) >= 11 is 1.85. The number of thioether (sulfide) groups is 1. The van der Waals surface area contributed by atoms with Crippen molar-refractivity contribution in [2.24, 2.45) is 0 Å². The van der Waals surface area contributed by atoms with Gasteiger partial charge in [0.15, 0.2) is 0 Å². The Morgan fingerprint density at radius 2 is 2.07 bits per heavy atom. The Kier molecular flexibility index (Phi) is 5.49. The molecule has 0 fully saturated rings. The molecule has 1 atom stereocenters. The van der Waals surface area contributed by atoms with E-state index in [0.717, 1.165) is 42.9 Å². The molecule has 6 heteroatoms.